The lowest BCUT2D eigenvalue weighted by Gasteiger charge is -2.39. The largest absolute Gasteiger partial charge is 0.444 e. The molecule has 0 unspecified atom stereocenters. The zero-order valence-corrected chi connectivity index (χ0v) is 17.5. The summed E-state index contributed by atoms with van der Waals surface area (Å²) in [4.78, 5) is 13.8. The van der Waals surface area contributed by atoms with Crippen LogP contribution in [0.3, 0.4) is 0 Å². The maximum atomic E-state index is 13.5. The Morgan fingerprint density at radius 2 is 1.69 bits per heavy atom. The normalized spacial score (nSPS) is 18.4. The van der Waals surface area contributed by atoms with E-state index in [0.717, 1.165) is 12.1 Å². The van der Waals surface area contributed by atoms with E-state index in [1.807, 2.05) is 0 Å². The molecule has 4 rings (SSSR count). The summed E-state index contributed by atoms with van der Waals surface area (Å²) < 4.78 is 59.3. The summed E-state index contributed by atoms with van der Waals surface area (Å²) in [5, 5.41) is 0. The Kier molecular flexibility index (Phi) is 5.34. The van der Waals surface area contributed by atoms with Gasteiger partial charge in [-0.2, -0.15) is 4.31 Å². The zero-order chi connectivity index (χ0) is 20.8. The topological polar surface area (TPSA) is 66.9 Å². The summed E-state index contributed by atoms with van der Waals surface area (Å²) in [5.74, 6) is -0.944. The highest BCUT2D eigenvalue weighted by molar-refractivity contribution is 9.10. The van der Waals surface area contributed by atoms with E-state index in [1.54, 1.807) is 6.07 Å². The van der Waals surface area contributed by atoms with Gasteiger partial charge < -0.3 is 4.74 Å². The summed E-state index contributed by atoms with van der Waals surface area (Å²) in [5.41, 5.74) is 1.17. The molecule has 0 radical (unpaired) electrons. The molecule has 2 aromatic rings. The van der Waals surface area contributed by atoms with Gasteiger partial charge in [-0.15, -0.1) is 0 Å². The van der Waals surface area contributed by atoms with Crippen LogP contribution in [0.15, 0.2) is 45.8 Å². The number of carbonyl (C=O) groups is 1. The van der Waals surface area contributed by atoms with Crippen molar-refractivity contribution < 1.29 is 26.7 Å². The number of benzene rings is 2. The molecular weight excluding hydrogens is 470 g/mol. The van der Waals surface area contributed by atoms with E-state index in [2.05, 4.69) is 15.9 Å². The number of halogens is 3. The van der Waals surface area contributed by atoms with Crippen LogP contribution in [0, 0.1) is 11.6 Å². The average Bonchev–Trinajstić information content (AvgIpc) is 2.68. The van der Waals surface area contributed by atoms with E-state index >= 15 is 0 Å². The van der Waals surface area contributed by atoms with Gasteiger partial charge in [0.25, 0.3) is 0 Å². The smallest absolute Gasteiger partial charge is 0.414 e. The van der Waals surface area contributed by atoms with Crippen molar-refractivity contribution in [1.82, 2.24) is 4.31 Å². The van der Waals surface area contributed by atoms with Crippen LogP contribution in [-0.2, 0) is 21.4 Å². The van der Waals surface area contributed by atoms with Crippen molar-refractivity contribution in [1.29, 1.82) is 0 Å². The summed E-state index contributed by atoms with van der Waals surface area (Å²) in [6, 6.07) is 7.34. The zero-order valence-electron chi connectivity index (χ0n) is 15.1. The number of carbonyl (C=O) groups excluding carboxylic acids is 1. The van der Waals surface area contributed by atoms with Crippen molar-refractivity contribution in [2.24, 2.45) is 0 Å². The SMILES string of the molecule is O=C1OCc2cc(F)ccc2N1C1CCN(S(=O)(=O)c2ccc(F)cc2Br)CC1. The highest BCUT2D eigenvalue weighted by atomic mass is 79.9. The van der Waals surface area contributed by atoms with Crippen molar-refractivity contribution >= 4 is 37.7 Å². The number of cyclic esters (lactones) is 1. The van der Waals surface area contributed by atoms with Crippen LogP contribution in [0.1, 0.15) is 18.4 Å². The second-order valence-corrected chi connectivity index (χ2v) is 9.67. The van der Waals surface area contributed by atoms with E-state index in [9.17, 15) is 22.0 Å². The van der Waals surface area contributed by atoms with Gasteiger partial charge in [0.05, 0.1) is 10.6 Å². The minimum Gasteiger partial charge on any atom is -0.444 e. The summed E-state index contributed by atoms with van der Waals surface area (Å²) in [7, 11) is -3.81. The number of anilines is 1. The van der Waals surface area contributed by atoms with Gasteiger partial charge in [0.15, 0.2) is 0 Å². The second-order valence-electron chi connectivity index (χ2n) is 6.91. The number of amides is 1. The van der Waals surface area contributed by atoms with Gasteiger partial charge in [0, 0.05) is 29.2 Å². The molecule has 2 aliphatic rings. The molecule has 154 valence electrons. The Balaban J connectivity index is 1.53. The molecular formula is C19H17BrF2N2O4S. The number of nitrogens with zero attached hydrogens (tertiary/aromatic N) is 2. The Morgan fingerprint density at radius 3 is 2.38 bits per heavy atom. The van der Waals surface area contributed by atoms with Crippen LogP contribution in [-0.4, -0.2) is 37.9 Å². The van der Waals surface area contributed by atoms with Crippen LogP contribution in [0.4, 0.5) is 19.3 Å². The van der Waals surface area contributed by atoms with Crippen molar-refractivity contribution in [2.75, 3.05) is 18.0 Å². The monoisotopic (exact) mass is 486 g/mol. The van der Waals surface area contributed by atoms with Crippen LogP contribution in [0.5, 0.6) is 0 Å². The predicted molar refractivity (Wildman–Crippen MR) is 105 cm³/mol. The molecule has 0 bridgehead atoms. The van der Waals surface area contributed by atoms with E-state index in [-0.39, 0.29) is 35.1 Å². The fraction of sp³-hybridized carbons (Fsp3) is 0.316. The Bertz CT molecular complexity index is 1070. The molecule has 29 heavy (non-hydrogen) atoms. The standard InChI is InChI=1S/C19H17BrF2N2O4S/c20-16-10-14(22)2-4-18(16)29(26,27)23-7-5-15(6-8-23)24-17-3-1-13(21)9-12(17)11-28-19(24)25/h1-4,9-10,15H,5-8,11H2. The van der Waals surface area contributed by atoms with E-state index in [1.165, 1.54) is 27.4 Å². The number of hydrogen-bond donors (Lipinski definition) is 0. The number of hydrogen-bond acceptors (Lipinski definition) is 4. The van der Waals surface area contributed by atoms with Crippen molar-refractivity contribution in [3.05, 3.63) is 58.1 Å². The van der Waals surface area contributed by atoms with Gasteiger partial charge in [-0.25, -0.2) is 22.0 Å². The van der Waals surface area contributed by atoms with Gasteiger partial charge in [-0.3, -0.25) is 4.90 Å². The van der Waals surface area contributed by atoms with Crippen LogP contribution in [0.25, 0.3) is 0 Å². The highest BCUT2D eigenvalue weighted by Gasteiger charge is 2.37. The maximum Gasteiger partial charge on any atom is 0.414 e. The van der Waals surface area contributed by atoms with E-state index in [0.29, 0.717) is 24.1 Å². The number of sulfonamides is 1. The van der Waals surface area contributed by atoms with Crippen LogP contribution < -0.4 is 4.90 Å². The third kappa shape index (κ3) is 3.76. The minimum atomic E-state index is -3.81. The molecule has 1 amide bonds. The first kappa shape index (κ1) is 20.2. The van der Waals surface area contributed by atoms with E-state index < -0.39 is 27.8 Å². The molecule has 2 heterocycles. The van der Waals surface area contributed by atoms with Gasteiger partial charge in [-0.05, 0) is 65.2 Å². The molecule has 0 aliphatic carbocycles. The van der Waals surface area contributed by atoms with Gasteiger partial charge in [0.1, 0.15) is 18.2 Å². The van der Waals surface area contributed by atoms with Gasteiger partial charge in [0.2, 0.25) is 10.0 Å². The molecule has 0 atom stereocenters. The molecule has 1 fully saturated rings. The molecule has 0 N–H and O–H groups in total. The van der Waals surface area contributed by atoms with E-state index in [4.69, 9.17) is 4.74 Å². The lowest BCUT2D eigenvalue weighted by Crippen LogP contribution is -2.50. The van der Waals surface area contributed by atoms with Crippen molar-refractivity contribution in [3.8, 4) is 0 Å². The summed E-state index contributed by atoms with van der Waals surface area (Å²) in [6.45, 7) is 0.391. The lowest BCUT2D eigenvalue weighted by molar-refractivity contribution is 0.135. The number of ether oxygens (including phenoxy) is 1. The van der Waals surface area contributed by atoms with Gasteiger partial charge >= 0.3 is 6.09 Å². The molecule has 10 heteroatoms. The molecule has 6 nitrogen and oxygen atoms in total. The Labute approximate surface area is 175 Å². The first-order valence-corrected chi connectivity index (χ1v) is 11.2. The summed E-state index contributed by atoms with van der Waals surface area (Å²) >= 11 is 3.11. The van der Waals surface area contributed by atoms with Crippen molar-refractivity contribution in [2.45, 2.75) is 30.4 Å². The quantitative estimate of drug-likeness (QED) is 0.656. The molecule has 2 aromatic carbocycles. The molecule has 0 saturated carbocycles. The highest BCUT2D eigenvalue weighted by Crippen LogP contribution is 2.34. The fourth-order valence-electron chi connectivity index (χ4n) is 3.72. The van der Waals surface area contributed by atoms with Crippen LogP contribution >= 0.6 is 15.9 Å². The van der Waals surface area contributed by atoms with Gasteiger partial charge in [-0.1, -0.05) is 0 Å². The maximum absolute atomic E-state index is 13.5. The number of rotatable bonds is 3. The Hall–Kier alpha value is -2.04. The number of piperidine rings is 1. The fourth-order valence-corrected chi connectivity index (χ4v) is 6.20. The molecule has 2 aliphatic heterocycles. The predicted octanol–water partition coefficient (Wildman–Crippen LogP) is 4.04. The molecule has 0 aromatic heterocycles. The Morgan fingerprint density at radius 1 is 1.03 bits per heavy atom. The number of fused-ring (bicyclic) bond motifs is 1. The third-order valence-electron chi connectivity index (χ3n) is 5.15. The first-order valence-electron chi connectivity index (χ1n) is 8.97. The van der Waals surface area contributed by atoms with Crippen molar-refractivity contribution in [3.63, 3.8) is 0 Å². The lowest BCUT2D eigenvalue weighted by atomic mass is 10.0. The van der Waals surface area contributed by atoms with Crippen LogP contribution in [0.2, 0.25) is 0 Å². The summed E-state index contributed by atoms with van der Waals surface area (Å²) in [6.07, 6.45) is 0.264. The average molecular weight is 487 g/mol. The third-order valence-corrected chi connectivity index (χ3v) is 8.02. The second kappa shape index (κ2) is 7.66. The molecule has 1 saturated heterocycles. The minimum absolute atomic E-state index is 0.00412. The first-order chi connectivity index (χ1) is 13.8. The molecule has 0 spiro atoms.